The average molecular weight is 410 g/mol. The maximum atomic E-state index is 13.2. The molecule has 0 bridgehead atoms. The van der Waals surface area contributed by atoms with Crippen molar-refractivity contribution in [2.45, 2.75) is 13.1 Å². The van der Waals surface area contributed by atoms with Crippen LogP contribution < -0.4 is 5.32 Å². The van der Waals surface area contributed by atoms with E-state index in [1.807, 2.05) is 24.3 Å². The topological polar surface area (TPSA) is 35.6 Å². The quantitative estimate of drug-likeness (QED) is 0.791. The lowest BCUT2D eigenvalue weighted by Gasteiger charge is -2.34. The van der Waals surface area contributed by atoms with Crippen molar-refractivity contribution in [1.29, 1.82) is 0 Å². The highest BCUT2D eigenvalue weighted by Crippen LogP contribution is 2.18. The molecule has 2 aromatic rings. The Morgan fingerprint density at radius 1 is 0.963 bits per heavy atom. The van der Waals surface area contributed by atoms with Gasteiger partial charge in [-0.15, -0.1) is 0 Å². The van der Waals surface area contributed by atoms with E-state index in [9.17, 15) is 9.18 Å². The third-order valence-electron chi connectivity index (χ3n) is 4.63. The van der Waals surface area contributed by atoms with Gasteiger partial charge >= 0.3 is 0 Å². The molecule has 0 aliphatic carbocycles. The van der Waals surface area contributed by atoms with Gasteiger partial charge in [0.05, 0.1) is 11.6 Å². The molecule has 0 aromatic heterocycles. The maximum Gasteiger partial charge on any atom is 0.234 e. The van der Waals surface area contributed by atoms with Crippen molar-refractivity contribution in [3.63, 3.8) is 0 Å². The number of piperazine rings is 1. The number of hydrogen-bond acceptors (Lipinski definition) is 3. The molecule has 1 amide bonds. The Hall–Kier alpha value is -1.66. The molecule has 144 valence electrons. The molecular weight excluding hydrogens is 388 g/mol. The minimum Gasteiger partial charge on any atom is -0.351 e. The Bertz CT molecular complexity index is 777. The SMILES string of the molecule is O=C(CN1CCN(Cc2ccc(F)c(Cl)c2)CC1)NCc1ccc(Cl)cc1. The number of benzene rings is 2. The Labute approximate surface area is 168 Å². The van der Waals surface area contributed by atoms with Crippen molar-refractivity contribution in [3.8, 4) is 0 Å². The van der Waals surface area contributed by atoms with Gasteiger partial charge in [0.15, 0.2) is 0 Å². The summed E-state index contributed by atoms with van der Waals surface area (Å²) in [5.74, 6) is -0.376. The standard InChI is InChI=1S/C20H22Cl2FN3O/c21-17-4-1-15(2-5-17)12-24-20(27)14-26-9-7-25(8-10-26)13-16-3-6-19(23)18(22)11-16/h1-6,11H,7-10,12-14H2,(H,24,27). The lowest BCUT2D eigenvalue weighted by molar-refractivity contribution is -0.122. The van der Waals surface area contributed by atoms with E-state index >= 15 is 0 Å². The molecule has 3 rings (SSSR count). The van der Waals surface area contributed by atoms with E-state index in [1.54, 1.807) is 12.1 Å². The van der Waals surface area contributed by atoms with E-state index in [4.69, 9.17) is 23.2 Å². The second-order valence-electron chi connectivity index (χ2n) is 6.70. The second kappa shape index (κ2) is 9.51. The van der Waals surface area contributed by atoms with E-state index in [-0.39, 0.29) is 10.9 Å². The highest BCUT2D eigenvalue weighted by molar-refractivity contribution is 6.31. The van der Waals surface area contributed by atoms with E-state index < -0.39 is 5.82 Å². The predicted molar refractivity (Wildman–Crippen MR) is 106 cm³/mol. The van der Waals surface area contributed by atoms with Crippen molar-refractivity contribution in [3.05, 3.63) is 69.5 Å². The van der Waals surface area contributed by atoms with Crippen molar-refractivity contribution in [2.75, 3.05) is 32.7 Å². The van der Waals surface area contributed by atoms with Crippen LogP contribution >= 0.6 is 23.2 Å². The first-order valence-electron chi connectivity index (χ1n) is 8.89. The Morgan fingerprint density at radius 2 is 1.59 bits per heavy atom. The zero-order valence-electron chi connectivity index (χ0n) is 14.9. The van der Waals surface area contributed by atoms with Crippen LogP contribution in [0.5, 0.6) is 0 Å². The molecule has 0 unspecified atom stereocenters. The normalized spacial score (nSPS) is 15.7. The number of hydrogen-bond donors (Lipinski definition) is 1. The van der Waals surface area contributed by atoms with Gasteiger partial charge in [-0.25, -0.2) is 4.39 Å². The fourth-order valence-electron chi connectivity index (χ4n) is 3.06. The zero-order chi connectivity index (χ0) is 19.2. The second-order valence-corrected chi connectivity index (χ2v) is 7.55. The van der Waals surface area contributed by atoms with Gasteiger partial charge in [0.1, 0.15) is 5.82 Å². The molecular formula is C20H22Cl2FN3O. The van der Waals surface area contributed by atoms with E-state index in [2.05, 4.69) is 15.1 Å². The first-order chi connectivity index (χ1) is 13.0. The van der Waals surface area contributed by atoms with Gasteiger partial charge in [-0.2, -0.15) is 0 Å². The van der Waals surface area contributed by atoms with Crippen molar-refractivity contribution in [1.82, 2.24) is 15.1 Å². The highest BCUT2D eigenvalue weighted by Gasteiger charge is 2.19. The third kappa shape index (κ3) is 6.18. The van der Waals surface area contributed by atoms with E-state index in [1.165, 1.54) is 6.07 Å². The van der Waals surface area contributed by atoms with Gasteiger partial charge in [0.2, 0.25) is 5.91 Å². The van der Waals surface area contributed by atoms with Crippen LogP contribution in [0.2, 0.25) is 10.0 Å². The smallest absolute Gasteiger partial charge is 0.234 e. The molecule has 4 nitrogen and oxygen atoms in total. The number of amides is 1. The van der Waals surface area contributed by atoms with Crippen LogP contribution in [-0.2, 0) is 17.9 Å². The molecule has 7 heteroatoms. The largest absolute Gasteiger partial charge is 0.351 e. The summed E-state index contributed by atoms with van der Waals surface area (Å²) < 4.78 is 13.2. The summed E-state index contributed by atoms with van der Waals surface area (Å²) in [5, 5.41) is 3.78. The molecule has 1 heterocycles. The third-order valence-corrected chi connectivity index (χ3v) is 5.17. The fraction of sp³-hybridized carbons (Fsp3) is 0.350. The lowest BCUT2D eigenvalue weighted by Crippen LogP contribution is -2.49. The molecule has 1 aliphatic heterocycles. The van der Waals surface area contributed by atoms with Crippen molar-refractivity contribution in [2.24, 2.45) is 0 Å². The van der Waals surface area contributed by atoms with Gasteiger partial charge < -0.3 is 5.32 Å². The zero-order valence-corrected chi connectivity index (χ0v) is 16.4. The van der Waals surface area contributed by atoms with Crippen LogP contribution in [0.3, 0.4) is 0 Å². The molecule has 1 fully saturated rings. The first kappa shape index (κ1) is 20.1. The van der Waals surface area contributed by atoms with Crippen LogP contribution in [-0.4, -0.2) is 48.4 Å². The van der Waals surface area contributed by atoms with Gasteiger partial charge in [0.25, 0.3) is 0 Å². The Morgan fingerprint density at radius 3 is 2.26 bits per heavy atom. The van der Waals surface area contributed by atoms with Crippen LogP contribution in [0.25, 0.3) is 0 Å². The molecule has 0 radical (unpaired) electrons. The summed E-state index contributed by atoms with van der Waals surface area (Å²) >= 11 is 11.7. The minimum atomic E-state index is -0.394. The molecule has 27 heavy (non-hydrogen) atoms. The summed E-state index contributed by atoms with van der Waals surface area (Å²) in [7, 11) is 0. The van der Waals surface area contributed by atoms with Crippen molar-refractivity contribution >= 4 is 29.1 Å². The fourth-order valence-corrected chi connectivity index (χ4v) is 3.39. The summed E-state index contributed by atoms with van der Waals surface area (Å²) in [6.07, 6.45) is 0. The average Bonchev–Trinajstić information content (AvgIpc) is 2.66. The van der Waals surface area contributed by atoms with Crippen LogP contribution in [0.4, 0.5) is 4.39 Å². The number of carbonyl (C=O) groups is 1. The summed E-state index contributed by atoms with van der Waals surface area (Å²) in [5.41, 5.74) is 2.02. The van der Waals surface area contributed by atoms with Gasteiger partial charge in [-0.1, -0.05) is 41.4 Å². The van der Waals surface area contributed by atoms with Crippen LogP contribution in [0.15, 0.2) is 42.5 Å². The molecule has 1 saturated heterocycles. The molecule has 0 saturated carbocycles. The number of carbonyl (C=O) groups excluding carboxylic acids is 1. The number of nitrogens with one attached hydrogen (secondary N) is 1. The Balaban J connectivity index is 1.39. The lowest BCUT2D eigenvalue weighted by atomic mass is 10.2. The van der Waals surface area contributed by atoms with Crippen LogP contribution in [0, 0.1) is 5.82 Å². The van der Waals surface area contributed by atoms with Gasteiger partial charge in [-0.3, -0.25) is 14.6 Å². The molecule has 0 atom stereocenters. The van der Waals surface area contributed by atoms with Gasteiger partial charge in [-0.05, 0) is 35.4 Å². The monoisotopic (exact) mass is 409 g/mol. The molecule has 2 aromatic carbocycles. The molecule has 1 N–H and O–H groups in total. The van der Waals surface area contributed by atoms with E-state index in [0.717, 1.165) is 43.9 Å². The number of nitrogens with zero attached hydrogens (tertiary/aromatic N) is 2. The number of halogens is 3. The summed E-state index contributed by atoms with van der Waals surface area (Å²) in [6, 6.07) is 12.3. The van der Waals surface area contributed by atoms with Crippen LogP contribution in [0.1, 0.15) is 11.1 Å². The summed E-state index contributed by atoms with van der Waals surface area (Å²) in [4.78, 5) is 16.6. The highest BCUT2D eigenvalue weighted by atomic mass is 35.5. The number of rotatable bonds is 6. The Kier molecular flexibility index (Phi) is 7.07. The summed E-state index contributed by atoms with van der Waals surface area (Å²) in [6.45, 7) is 4.99. The van der Waals surface area contributed by atoms with Crippen molar-refractivity contribution < 1.29 is 9.18 Å². The van der Waals surface area contributed by atoms with E-state index in [0.29, 0.717) is 18.1 Å². The molecule has 1 aliphatic rings. The molecule has 0 spiro atoms. The maximum absolute atomic E-state index is 13.2. The first-order valence-corrected chi connectivity index (χ1v) is 9.65. The van der Waals surface area contributed by atoms with Gasteiger partial charge in [0, 0.05) is 44.3 Å². The minimum absolute atomic E-state index is 0.0173. The predicted octanol–water partition coefficient (Wildman–Crippen LogP) is 3.57.